The second kappa shape index (κ2) is 7.27. The fourth-order valence-corrected chi connectivity index (χ4v) is 1.65. The first kappa shape index (κ1) is 14.8. The highest BCUT2D eigenvalue weighted by atomic mass is 32.1. The van der Waals surface area contributed by atoms with E-state index < -0.39 is 5.60 Å². The van der Waals surface area contributed by atoms with Gasteiger partial charge in [-0.3, -0.25) is 0 Å². The Labute approximate surface area is 111 Å². The van der Waals surface area contributed by atoms with Crippen molar-refractivity contribution in [3.63, 3.8) is 0 Å². The van der Waals surface area contributed by atoms with Crippen LogP contribution in [0.5, 0.6) is 0 Å². The van der Waals surface area contributed by atoms with Crippen molar-refractivity contribution >= 4 is 17.6 Å². The first-order valence-corrected chi connectivity index (χ1v) is 6.74. The van der Waals surface area contributed by atoms with Gasteiger partial charge in [-0.2, -0.15) is 0 Å². The molecule has 0 aliphatic heterocycles. The van der Waals surface area contributed by atoms with Gasteiger partial charge in [0, 0.05) is 18.5 Å². The average Bonchev–Trinajstić information content (AvgIpc) is 2.73. The molecule has 1 heterocycles. The maximum absolute atomic E-state index is 11.3. The van der Waals surface area contributed by atoms with Gasteiger partial charge in [0.1, 0.15) is 5.60 Å². The average molecular weight is 272 g/mol. The topological polar surface area (TPSA) is 76.1 Å². The number of amides is 1. The number of ether oxygens (including phenoxy) is 1. The van der Waals surface area contributed by atoms with Crippen LogP contribution in [0.4, 0.5) is 4.79 Å². The molecule has 0 saturated carbocycles. The minimum absolute atomic E-state index is 0.369. The third kappa shape index (κ3) is 7.18. The summed E-state index contributed by atoms with van der Waals surface area (Å²) in [7, 11) is 0. The van der Waals surface area contributed by atoms with E-state index in [1.165, 1.54) is 11.5 Å². The van der Waals surface area contributed by atoms with Gasteiger partial charge in [0.05, 0.1) is 5.69 Å². The SMILES string of the molecule is CC(C)(C)OC(=O)NCCCNCc1csnn1. The van der Waals surface area contributed by atoms with E-state index in [9.17, 15) is 4.79 Å². The molecule has 102 valence electrons. The Balaban J connectivity index is 1.97. The summed E-state index contributed by atoms with van der Waals surface area (Å²) in [6.07, 6.45) is 0.475. The highest BCUT2D eigenvalue weighted by Gasteiger charge is 2.15. The van der Waals surface area contributed by atoms with E-state index in [4.69, 9.17) is 4.74 Å². The maximum Gasteiger partial charge on any atom is 0.407 e. The predicted octanol–water partition coefficient (Wildman–Crippen LogP) is 1.54. The van der Waals surface area contributed by atoms with Gasteiger partial charge >= 0.3 is 6.09 Å². The van der Waals surface area contributed by atoms with E-state index >= 15 is 0 Å². The Morgan fingerprint density at radius 1 is 1.44 bits per heavy atom. The summed E-state index contributed by atoms with van der Waals surface area (Å²) in [4.78, 5) is 11.3. The number of carbonyl (C=O) groups is 1. The molecular formula is C11H20N4O2S. The van der Waals surface area contributed by atoms with E-state index in [2.05, 4.69) is 20.2 Å². The van der Waals surface area contributed by atoms with Gasteiger partial charge in [0.2, 0.25) is 0 Å². The standard InChI is InChI=1S/C11H20N4O2S/c1-11(2,3)17-10(16)13-6-4-5-12-7-9-8-18-15-14-9/h8,12H,4-7H2,1-3H3,(H,13,16). The largest absolute Gasteiger partial charge is 0.444 e. The molecule has 0 aromatic carbocycles. The zero-order valence-electron chi connectivity index (χ0n) is 11.0. The molecule has 6 nitrogen and oxygen atoms in total. The number of carbonyl (C=O) groups excluding carboxylic acids is 1. The zero-order chi connectivity index (χ0) is 13.4. The summed E-state index contributed by atoms with van der Waals surface area (Å²) in [5, 5.41) is 11.8. The van der Waals surface area contributed by atoms with Crippen molar-refractivity contribution in [1.29, 1.82) is 0 Å². The van der Waals surface area contributed by atoms with Crippen LogP contribution in [0.1, 0.15) is 32.9 Å². The molecule has 1 rings (SSSR count). The lowest BCUT2D eigenvalue weighted by Crippen LogP contribution is -2.33. The molecule has 0 spiro atoms. The van der Waals surface area contributed by atoms with Crippen LogP contribution in [-0.2, 0) is 11.3 Å². The minimum Gasteiger partial charge on any atom is -0.444 e. The third-order valence-corrected chi connectivity index (χ3v) is 2.46. The van der Waals surface area contributed by atoms with E-state index in [0.29, 0.717) is 13.1 Å². The first-order valence-electron chi connectivity index (χ1n) is 5.91. The highest BCUT2D eigenvalue weighted by molar-refractivity contribution is 7.03. The van der Waals surface area contributed by atoms with Crippen molar-refractivity contribution in [2.24, 2.45) is 0 Å². The number of aromatic nitrogens is 2. The molecule has 0 unspecified atom stereocenters. The van der Waals surface area contributed by atoms with E-state index in [1.807, 2.05) is 26.2 Å². The second-order valence-electron chi connectivity index (χ2n) is 4.86. The monoisotopic (exact) mass is 272 g/mol. The van der Waals surface area contributed by atoms with Crippen LogP contribution in [-0.4, -0.2) is 34.4 Å². The van der Waals surface area contributed by atoms with Gasteiger partial charge in [-0.05, 0) is 45.3 Å². The molecule has 2 N–H and O–H groups in total. The lowest BCUT2D eigenvalue weighted by atomic mass is 10.2. The minimum atomic E-state index is -0.444. The van der Waals surface area contributed by atoms with Gasteiger partial charge in [-0.1, -0.05) is 4.49 Å². The third-order valence-electron chi connectivity index (χ3n) is 1.91. The number of hydrogen-bond acceptors (Lipinski definition) is 6. The molecule has 1 amide bonds. The van der Waals surface area contributed by atoms with E-state index in [-0.39, 0.29) is 6.09 Å². The molecule has 18 heavy (non-hydrogen) atoms. The van der Waals surface area contributed by atoms with E-state index in [1.54, 1.807) is 0 Å². The Bertz CT molecular complexity index is 348. The van der Waals surface area contributed by atoms with Crippen molar-refractivity contribution < 1.29 is 9.53 Å². The summed E-state index contributed by atoms with van der Waals surface area (Å²) < 4.78 is 8.89. The smallest absolute Gasteiger partial charge is 0.407 e. The summed E-state index contributed by atoms with van der Waals surface area (Å²) in [5.41, 5.74) is 0.500. The van der Waals surface area contributed by atoms with Gasteiger partial charge < -0.3 is 15.4 Å². The van der Waals surface area contributed by atoms with Crippen LogP contribution in [0, 0.1) is 0 Å². The van der Waals surface area contributed by atoms with Crippen LogP contribution in [0.2, 0.25) is 0 Å². The van der Waals surface area contributed by atoms with Gasteiger partial charge in [0.15, 0.2) is 0 Å². The summed E-state index contributed by atoms with van der Waals surface area (Å²) in [6, 6.07) is 0. The summed E-state index contributed by atoms with van der Waals surface area (Å²) in [5.74, 6) is 0. The van der Waals surface area contributed by atoms with Crippen molar-refractivity contribution in [2.45, 2.75) is 39.3 Å². The Kier molecular flexibility index (Phi) is 6.00. The molecule has 0 atom stereocenters. The molecule has 1 aromatic heterocycles. The quantitative estimate of drug-likeness (QED) is 0.768. The van der Waals surface area contributed by atoms with Crippen LogP contribution in [0.15, 0.2) is 5.38 Å². The zero-order valence-corrected chi connectivity index (χ0v) is 11.8. The van der Waals surface area contributed by atoms with Crippen LogP contribution < -0.4 is 10.6 Å². The number of nitrogens with one attached hydrogen (secondary N) is 2. The molecule has 1 aromatic rings. The number of hydrogen-bond donors (Lipinski definition) is 2. The summed E-state index contributed by atoms with van der Waals surface area (Å²) in [6.45, 7) is 7.65. The molecule has 0 bridgehead atoms. The molecular weight excluding hydrogens is 252 g/mol. The lowest BCUT2D eigenvalue weighted by Gasteiger charge is -2.19. The Morgan fingerprint density at radius 3 is 2.83 bits per heavy atom. The number of nitrogens with zero attached hydrogens (tertiary/aromatic N) is 2. The molecule has 0 saturated heterocycles. The van der Waals surface area contributed by atoms with Crippen LogP contribution in [0.3, 0.4) is 0 Å². The lowest BCUT2D eigenvalue weighted by molar-refractivity contribution is 0.0527. The van der Waals surface area contributed by atoms with Crippen molar-refractivity contribution in [2.75, 3.05) is 13.1 Å². The van der Waals surface area contributed by atoms with Gasteiger partial charge in [-0.15, -0.1) is 5.10 Å². The maximum atomic E-state index is 11.3. The summed E-state index contributed by atoms with van der Waals surface area (Å²) >= 11 is 1.34. The molecule has 0 aliphatic rings. The van der Waals surface area contributed by atoms with Crippen molar-refractivity contribution in [3.05, 3.63) is 11.1 Å². The highest BCUT2D eigenvalue weighted by Crippen LogP contribution is 2.06. The number of alkyl carbamates (subject to hydrolysis) is 1. The predicted molar refractivity (Wildman–Crippen MR) is 70.5 cm³/mol. The van der Waals surface area contributed by atoms with Gasteiger partial charge in [-0.25, -0.2) is 4.79 Å². The molecule has 7 heteroatoms. The fraction of sp³-hybridized carbons (Fsp3) is 0.727. The number of rotatable bonds is 6. The Hall–Kier alpha value is -1.21. The first-order chi connectivity index (χ1) is 8.47. The second-order valence-corrected chi connectivity index (χ2v) is 5.47. The van der Waals surface area contributed by atoms with Crippen LogP contribution in [0.25, 0.3) is 0 Å². The normalized spacial score (nSPS) is 11.3. The molecule has 0 aliphatic carbocycles. The van der Waals surface area contributed by atoms with Crippen LogP contribution >= 0.6 is 11.5 Å². The van der Waals surface area contributed by atoms with E-state index in [0.717, 1.165) is 18.7 Å². The van der Waals surface area contributed by atoms with Crippen molar-refractivity contribution in [3.8, 4) is 0 Å². The molecule has 0 radical (unpaired) electrons. The van der Waals surface area contributed by atoms with Crippen molar-refractivity contribution in [1.82, 2.24) is 20.2 Å². The Morgan fingerprint density at radius 2 is 2.22 bits per heavy atom. The fourth-order valence-electron chi connectivity index (χ4n) is 1.20. The van der Waals surface area contributed by atoms with Gasteiger partial charge in [0.25, 0.3) is 0 Å². The molecule has 0 fully saturated rings.